The van der Waals surface area contributed by atoms with Crippen LogP contribution >= 0.6 is 0 Å². The van der Waals surface area contributed by atoms with Crippen molar-refractivity contribution in [1.29, 1.82) is 0 Å². The Balaban J connectivity index is 1.42. The maximum absolute atomic E-state index is 13.8. The molecule has 5 amide bonds. The normalized spacial score (nSPS) is 21.2. The number of pyridine rings is 1. The number of ether oxygens (including phenoxy) is 1. The molecule has 5 N–H and O–H groups in total. The van der Waals surface area contributed by atoms with Gasteiger partial charge in [0.1, 0.15) is 41.6 Å². The van der Waals surface area contributed by atoms with Crippen LogP contribution in [-0.2, 0) is 45.5 Å². The van der Waals surface area contributed by atoms with E-state index >= 15 is 0 Å². The number of fused-ring (bicyclic) bond motifs is 15. The van der Waals surface area contributed by atoms with Crippen molar-refractivity contribution in [2.45, 2.75) is 76.5 Å². The summed E-state index contributed by atoms with van der Waals surface area (Å²) in [6, 6.07) is 14.2. The zero-order valence-electron chi connectivity index (χ0n) is 28.8. The lowest BCUT2D eigenvalue weighted by Gasteiger charge is -2.25. The van der Waals surface area contributed by atoms with Gasteiger partial charge in [-0.3, -0.25) is 28.8 Å². The minimum Gasteiger partial charge on any atom is -0.492 e. The van der Waals surface area contributed by atoms with E-state index in [0.717, 1.165) is 16.8 Å². The molecule has 3 heterocycles. The molecule has 13 heteroatoms. The zero-order valence-corrected chi connectivity index (χ0v) is 28.8. The second-order valence-corrected chi connectivity index (χ2v) is 12.9. The highest BCUT2D eigenvalue weighted by Crippen LogP contribution is 2.35. The van der Waals surface area contributed by atoms with Crippen molar-refractivity contribution in [2.75, 3.05) is 13.2 Å². The lowest BCUT2D eigenvalue weighted by molar-refractivity contribution is -0.134. The maximum Gasteiger partial charge on any atom is 0.263 e. The van der Waals surface area contributed by atoms with Crippen LogP contribution in [0.2, 0.25) is 0 Å². The van der Waals surface area contributed by atoms with Crippen LogP contribution in [0.1, 0.15) is 59.4 Å². The largest absolute Gasteiger partial charge is 0.492 e. The summed E-state index contributed by atoms with van der Waals surface area (Å²) < 4.78 is 7.23. The second kappa shape index (κ2) is 15.4. The van der Waals surface area contributed by atoms with Gasteiger partial charge in [-0.15, -0.1) is 0 Å². The Hall–Kier alpha value is -5.46. The lowest BCUT2D eigenvalue weighted by Crippen LogP contribution is -2.59. The van der Waals surface area contributed by atoms with E-state index in [9.17, 15) is 28.8 Å². The molecule has 1 aliphatic carbocycles. The van der Waals surface area contributed by atoms with Gasteiger partial charge in [-0.25, -0.2) is 0 Å². The van der Waals surface area contributed by atoms with E-state index in [1.807, 2.05) is 44.2 Å². The van der Waals surface area contributed by atoms with Crippen LogP contribution in [0.5, 0.6) is 5.75 Å². The molecule has 0 radical (unpaired) electrons. The van der Waals surface area contributed by atoms with Gasteiger partial charge in [-0.2, -0.15) is 0 Å². The lowest BCUT2D eigenvalue weighted by atomic mass is 10.0. The molecule has 264 valence electrons. The quantitative estimate of drug-likeness (QED) is 0.249. The smallest absolute Gasteiger partial charge is 0.263 e. The van der Waals surface area contributed by atoms with Crippen LogP contribution in [0.15, 0.2) is 65.5 Å². The van der Waals surface area contributed by atoms with E-state index in [-0.39, 0.29) is 37.5 Å². The standard InChI is InChI=1S/C37H44N6O7/c1-5-30-22(2)19-27(35(48)43(30)4)32(45)41-28-21-25-11-13-26(14-12-25)50-18-17-38-36(49)37(15-16-37)42-34(47)29(20-24-9-7-6-8-10-24)40-31(44)23(3)39-33(28)46/h6-14,19,23,28-29H,5,15-18,20-21H2,1-4H3,(H,38,49)(H,39,46)(H,40,44)(H,41,45)(H,42,47)/t23-,28-,29+/m0/s1. The minimum absolute atomic E-state index is 0.0374. The third kappa shape index (κ3) is 8.39. The Morgan fingerprint density at radius 2 is 1.66 bits per heavy atom. The second-order valence-electron chi connectivity index (χ2n) is 12.9. The van der Waals surface area contributed by atoms with Crippen molar-refractivity contribution in [3.63, 3.8) is 0 Å². The molecule has 0 saturated heterocycles. The Labute approximate surface area is 290 Å². The SMILES string of the molecule is CCc1c(C)cc(C(=O)N[C@H]2Cc3ccc(cc3)OCCNC(=O)C3(CC3)NC(=O)[C@@H](Cc3ccccc3)NC(=O)[C@H](C)NC2=O)c(=O)n1C. The van der Waals surface area contributed by atoms with E-state index < -0.39 is 52.9 Å². The molecule has 1 aromatic heterocycles. The van der Waals surface area contributed by atoms with Crippen LogP contribution in [0.25, 0.3) is 0 Å². The van der Waals surface area contributed by atoms with Crippen molar-refractivity contribution in [3.8, 4) is 5.75 Å². The number of carbonyl (C=O) groups is 5. The fourth-order valence-electron chi connectivity index (χ4n) is 6.11. The van der Waals surface area contributed by atoms with Crippen molar-refractivity contribution in [1.82, 2.24) is 31.2 Å². The molecule has 50 heavy (non-hydrogen) atoms. The number of hydrogen-bond donors (Lipinski definition) is 5. The summed E-state index contributed by atoms with van der Waals surface area (Å²) in [7, 11) is 1.60. The molecular weight excluding hydrogens is 640 g/mol. The first-order chi connectivity index (χ1) is 23.9. The molecule has 0 unspecified atom stereocenters. The Morgan fingerprint density at radius 1 is 0.960 bits per heavy atom. The Morgan fingerprint density at radius 3 is 2.32 bits per heavy atom. The topological polar surface area (TPSA) is 177 Å². The molecule has 1 saturated carbocycles. The summed E-state index contributed by atoms with van der Waals surface area (Å²) in [4.78, 5) is 80.6. The van der Waals surface area contributed by atoms with E-state index in [4.69, 9.17) is 4.74 Å². The predicted molar refractivity (Wildman–Crippen MR) is 185 cm³/mol. The van der Waals surface area contributed by atoms with Crippen molar-refractivity contribution in [2.24, 2.45) is 7.05 Å². The summed E-state index contributed by atoms with van der Waals surface area (Å²) in [5.41, 5.74) is 1.35. The Kier molecular flexibility index (Phi) is 11.0. The number of aryl methyl sites for hydroxylation is 1. The summed E-state index contributed by atoms with van der Waals surface area (Å²) in [5, 5.41) is 13.8. The van der Waals surface area contributed by atoms with Crippen LogP contribution in [-0.4, -0.2) is 70.9 Å². The van der Waals surface area contributed by atoms with Gasteiger partial charge in [-0.1, -0.05) is 49.4 Å². The molecule has 2 bridgehead atoms. The van der Waals surface area contributed by atoms with Crippen molar-refractivity contribution in [3.05, 3.63) is 99.0 Å². The summed E-state index contributed by atoms with van der Waals surface area (Å²) in [6.07, 6.45) is 1.69. The molecule has 2 aliphatic heterocycles. The highest BCUT2D eigenvalue weighted by molar-refractivity contribution is 5.99. The van der Waals surface area contributed by atoms with Gasteiger partial charge in [0.25, 0.3) is 11.5 Å². The van der Waals surface area contributed by atoms with E-state index in [0.29, 0.717) is 30.6 Å². The first kappa shape index (κ1) is 35.8. The average Bonchev–Trinajstić information content (AvgIpc) is 3.88. The third-order valence-electron chi connectivity index (χ3n) is 9.19. The first-order valence-electron chi connectivity index (χ1n) is 16.9. The monoisotopic (exact) mass is 684 g/mol. The third-order valence-corrected chi connectivity index (χ3v) is 9.19. The van der Waals surface area contributed by atoms with Gasteiger partial charge in [0.15, 0.2) is 0 Å². The van der Waals surface area contributed by atoms with Crippen LogP contribution < -0.4 is 36.9 Å². The number of hydrogen-bond acceptors (Lipinski definition) is 7. The molecule has 3 aliphatic rings. The number of nitrogens with zero attached hydrogens (tertiary/aromatic N) is 1. The predicted octanol–water partition coefficient (Wildman–Crippen LogP) is 0.987. The molecule has 1 fully saturated rings. The highest BCUT2D eigenvalue weighted by Gasteiger charge is 2.51. The fraction of sp³-hybridized carbons (Fsp3) is 0.405. The average molecular weight is 685 g/mol. The number of amides is 5. The highest BCUT2D eigenvalue weighted by atomic mass is 16.5. The van der Waals surface area contributed by atoms with Gasteiger partial charge in [0, 0.05) is 25.6 Å². The van der Waals surface area contributed by atoms with Crippen LogP contribution in [0, 0.1) is 6.92 Å². The summed E-state index contributed by atoms with van der Waals surface area (Å²) in [6.45, 7) is 5.58. The fourth-order valence-corrected chi connectivity index (χ4v) is 6.11. The van der Waals surface area contributed by atoms with Crippen molar-refractivity contribution < 1.29 is 28.7 Å². The van der Waals surface area contributed by atoms with E-state index in [2.05, 4.69) is 26.6 Å². The van der Waals surface area contributed by atoms with E-state index in [1.165, 1.54) is 17.6 Å². The number of benzene rings is 2. The molecule has 2 aromatic carbocycles. The molecule has 6 rings (SSSR count). The number of nitrogens with one attached hydrogen (secondary N) is 5. The Bertz CT molecular complexity index is 1820. The van der Waals surface area contributed by atoms with Gasteiger partial charge >= 0.3 is 0 Å². The van der Waals surface area contributed by atoms with E-state index in [1.54, 1.807) is 31.3 Å². The van der Waals surface area contributed by atoms with Gasteiger partial charge in [-0.05, 0) is 68.0 Å². The maximum atomic E-state index is 13.8. The molecule has 13 nitrogen and oxygen atoms in total. The molecule has 3 aromatic rings. The van der Waals surface area contributed by atoms with Crippen LogP contribution in [0.4, 0.5) is 0 Å². The number of rotatable bonds is 5. The molecular formula is C37H44N6O7. The summed E-state index contributed by atoms with van der Waals surface area (Å²) >= 11 is 0. The molecule has 1 spiro atoms. The first-order valence-corrected chi connectivity index (χ1v) is 16.9. The van der Waals surface area contributed by atoms with Gasteiger partial charge in [0.05, 0.1) is 6.54 Å². The van der Waals surface area contributed by atoms with Gasteiger partial charge < -0.3 is 35.9 Å². The number of carbonyl (C=O) groups excluding carboxylic acids is 5. The zero-order chi connectivity index (χ0) is 36.0. The van der Waals surface area contributed by atoms with Crippen LogP contribution in [0.3, 0.4) is 0 Å². The minimum atomic E-state index is -1.17. The number of aromatic nitrogens is 1. The van der Waals surface area contributed by atoms with Crippen molar-refractivity contribution >= 4 is 29.5 Å². The molecule has 3 atom stereocenters. The summed E-state index contributed by atoms with van der Waals surface area (Å²) in [5.74, 6) is -2.35. The van der Waals surface area contributed by atoms with Gasteiger partial charge in [0.2, 0.25) is 23.6 Å².